The maximum Gasteiger partial charge on any atom is 0.433 e. The number of amides is 1. The van der Waals surface area contributed by atoms with Crippen molar-refractivity contribution in [3.05, 3.63) is 82.4 Å². The smallest absolute Gasteiger partial charge is 0.322 e. The predicted molar refractivity (Wildman–Crippen MR) is 108 cm³/mol. The third kappa shape index (κ3) is 3.51. The molecule has 162 valence electrons. The Balaban J connectivity index is 1.55. The topological polar surface area (TPSA) is 94.2 Å². The highest BCUT2D eigenvalue weighted by Gasteiger charge is 2.34. The van der Waals surface area contributed by atoms with E-state index in [1.165, 1.54) is 28.9 Å². The van der Waals surface area contributed by atoms with Crippen LogP contribution in [0.15, 0.2) is 59.9 Å². The van der Waals surface area contributed by atoms with Crippen LogP contribution in [0.1, 0.15) is 40.5 Å². The van der Waals surface area contributed by atoms with Crippen LogP contribution >= 0.6 is 0 Å². The van der Waals surface area contributed by atoms with Crippen molar-refractivity contribution in [2.75, 3.05) is 5.32 Å². The standard InChI is InChI=1S/C21H15F3N6O2/c22-21(23,24)16-10-13(5-7-25-16)28-20(32)14-11-27-30(18(14)12-3-4-12)15-2-1-9-29-17(31)6-8-26-19(15)29/h1-2,5-12H,3-4H2,(H,25,28,32). The minimum Gasteiger partial charge on any atom is -0.322 e. The molecule has 1 aliphatic rings. The van der Waals surface area contributed by atoms with Crippen LogP contribution in [-0.4, -0.2) is 30.1 Å². The maximum absolute atomic E-state index is 13.0. The molecule has 1 saturated carbocycles. The van der Waals surface area contributed by atoms with Crippen LogP contribution < -0.4 is 10.9 Å². The summed E-state index contributed by atoms with van der Waals surface area (Å²) < 4.78 is 41.8. The molecule has 5 rings (SSSR count). The van der Waals surface area contributed by atoms with E-state index in [-0.39, 0.29) is 22.7 Å². The number of fused-ring (bicyclic) bond motifs is 1. The average molecular weight is 440 g/mol. The third-order valence-corrected chi connectivity index (χ3v) is 5.15. The first-order valence-electron chi connectivity index (χ1n) is 9.72. The summed E-state index contributed by atoms with van der Waals surface area (Å²) in [5.74, 6) is -0.514. The summed E-state index contributed by atoms with van der Waals surface area (Å²) in [6.07, 6.45) is 2.42. The van der Waals surface area contributed by atoms with Gasteiger partial charge in [0.15, 0.2) is 5.65 Å². The monoisotopic (exact) mass is 440 g/mol. The number of nitrogens with one attached hydrogen (secondary N) is 1. The van der Waals surface area contributed by atoms with Gasteiger partial charge >= 0.3 is 6.18 Å². The van der Waals surface area contributed by atoms with Crippen LogP contribution in [0.25, 0.3) is 11.3 Å². The zero-order chi connectivity index (χ0) is 22.5. The van der Waals surface area contributed by atoms with Crippen molar-refractivity contribution in [3.8, 4) is 5.69 Å². The highest BCUT2D eigenvalue weighted by molar-refractivity contribution is 6.05. The lowest BCUT2D eigenvalue weighted by Crippen LogP contribution is -2.17. The van der Waals surface area contributed by atoms with E-state index in [0.717, 1.165) is 25.1 Å². The summed E-state index contributed by atoms with van der Waals surface area (Å²) in [6, 6.07) is 6.82. The van der Waals surface area contributed by atoms with Crippen molar-refractivity contribution in [1.29, 1.82) is 0 Å². The van der Waals surface area contributed by atoms with E-state index < -0.39 is 17.8 Å². The SMILES string of the molecule is O=C(Nc1ccnc(C(F)(F)F)c1)c1cnn(-c2cccn3c(=O)ccnc23)c1C1CC1. The van der Waals surface area contributed by atoms with Crippen molar-refractivity contribution in [3.63, 3.8) is 0 Å². The van der Waals surface area contributed by atoms with Crippen LogP contribution in [0, 0.1) is 0 Å². The van der Waals surface area contributed by atoms with Gasteiger partial charge in [-0.05, 0) is 37.1 Å². The van der Waals surface area contributed by atoms with Gasteiger partial charge in [0.25, 0.3) is 11.5 Å². The van der Waals surface area contributed by atoms with Crippen molar-refractivity contribution < 1.29 is 18.0 Å². The van der Waals surface area contributed by atoms with Crippen molar-refractivity contribution in [1.82, 2.24) is 24.1 Å². The van der Waals surface area contributed by atoms with Gasteiger partial charge in [-0.3, -0.25) is 19.0 Å². The molecular weight excluding hydrogens is 425 g/mol. The van der Waals surface area contributed by atoms with Gasteiger partial charge in [0.1, 0.15) is 11.4 Å². The molecule has 4 heterocycles. The molecule has 0 unspecified atom stereocenters. The zero-order valence-corrected chi connectivity index (χ0v) is 16.4. The first-order chi connectivity index (χ1) is 15.3. The molecule has 0 spiro atoms. The third-order valence-electron chi connectivity index (χ3n) is 5.15. The number of alkyl halides is 3. The number of rotatable bonds is 4. The molecule has 11 heteroatoms. The lowest BCUT2D eigenvalue weighted by molar-refractivity contribution is -0.141. The van der Waals surface area contributed by atoms with E-state index in [4.69, 9.17) is 0 Å². The summed E-state index contributed by atoms with van der Waals surface area (Å²) >= 11 is 0. The molecule has 1 fully saturated rings. The molecule has 0 bridgehead atoms. The van der Waals surface area contributed by atoms with Gasteiger partial charge in [-0.25, -0.2) is 9.67 Å². The second-order valence-corrected chi connectivity index (χ2v) is 7.38. The minimum atomic E-state index is -4.62. The molecule has 8 nitrogen and oxygen atoms in total. The molecule has 4 aromatic heterocycles. The molecule has 0 radical (unpaired) electrons. The summed E-state index contributed by atoms with van der Waals surface area (Å²) in [5.41, 5.74) is 0.395. The highest BCUT2D eigenvalue weighted by atomic mass is 19.4. The Kier molecular flexibility index (Phi) is 4.54. The fourth-order valence-corrected chi connectivity index (χ4v) is 3.55. The van der Waals surface area contributed by atoms with Gasteiger partial charge in [0.05, 0.1) is 17.5 Å². The van der Waals surface area contributed by atoms with Crippen LogP contribution in [0.3, 0.4) is 0 Å². The van der Waals surface area contributed by atoms with E-state index in [1.54, 1.807) is 23.0 Å². The highest BCUT2D eigenvalue weighted by Crippen LogP contribution is 2.43. The van der Waals surface area contributed by atoms with E-state index in [1.807, 2.05) is 0 Å². The number of carbonyl (C=O) groups excluding carboxylic acids is 1. The van der Waals surface area contributed by atoms with Crippen LogP contribution in [0.5, 0.6) is 0 Å². The van der Waals surface area contributed by atoms with Gasteiger partial charge in [-0.1, -0.05) is 0 Å². The number of nitrogens with zero attached hydrogens (tertiary/aromatic N) is 5. The summed E-state index contributed by atoms with van der Waals surface area (Å²) in [5, 5.41) is 6.86. The summed E-state index contributed by atoms with van der Waals surface area (Å²) in [7, 11) is 0. The molecule has 1 N–H and O–H groups in total. The average Bonchev–Trinajstić information content (AvgIpc) is 3.51. The van der Waals surface area contributed by atoms with Crippen molar-refractivity contribution >= 4 is 17.2 Å². The second-order valence-electron chi connectivity index (χ2n) is 7.38. The lowest BCUT2D eigenvalue weighted by atomic mass is 10.1. The number of carbonyl (C=O) groups is 1. The largest absolute Gasteiger partial charge is 0.433 e. The first kappa shape index (κ1) is 19.9. The quantitative estimate of drug-likeness (QED) is 0.525. The van der Waals surface area contributed by atoms with Gasteiger partial charge < -0.3 is 5.32 Å². The lowest BCUT2D eigenvalue weighted by Gasteiger charge is -2.12. The number of halogens is 3. The van der Waals surface area contributed by atoms with E-state index in [9.17, 15) is 22.8 Å². The summed E-state index contributed by atoms with van der Waals surface area (Å²) in [6.45, 7) is 0. The minimum absolute atomic E-state index is 0.0230. The first-order valence-corrected chi connectivity index (χ1v) is 9.72. The Morgan fingerprint density at radius 3 is 2.66 bits per heavy atom. The molecule has 0 saturated heterocycles. The van der Waals surface area contributed by atoms with Gasteiger partial charge in [0.2, 0.25) is 0 Å². The normalized spacial score (nSPS) is 14.0. The van der Waals surface area contributed by atoms with E-state index >= 15 is 0 Å². The molecule has 32 heavy (non-hydrogen) atoms. The number of anilines is 1. The Morgan fingerprint density at radius 1 is 1.12 bits per heavy atom. The van der Waals surface area contributed by atoms with E-state index in [0.29, 0.717) is 17.0 Å². The Hall–Kier alpha value is -4.02. The predicted octanol–water partition coefficient (Wildman–Crippen LogP) is 3.42. The number of pyridine rings is 2. The van der Waals surface area contributed by atoms with Crippen molar-refractivity contribution in [2.24, 2.45) is 0 Å². The van der Waals surface area contributed by atoms with Crippen LogP contribution in [0.4, 0.5) is 18.9 Å². The van der Waals surface area contributed by atoms with Crippen LogP contribution in [0.2, 0.25) is 0 Å². The molecular formula is C21H15F3N6O2. The van der Waals surface area contributed by atoms with Gasteiger partial charge in [0, 0.05) is 36.3 Å². The number of aromatic nitrogens is 5. The fraction of sp³-hybridized carbons (Fsp3) is 0.190. The summed E-state index contributed by atoms with van der Waals surface area (Å²) in [4.78, 5) is 32.7. The Labute approximate surface area is 178 Å². The molecule has 0 aromatic carbocycles. The Bertz CT molecular complexity index is 1400. The van der Waals surface area contributed by atoms with Crippen molar-refractivity contribution in [2.45, 2.75) is 24.9 Å². The molecule has 0 atom stereocenters. The fourth-order valence-electron chi connectivity index (χ4n) is 3.55. The van der Waals surface area contributed by atoms with E-state index in [2.05, 4.69) is 20.4 Å². The number of hydrogen-bond acceptors (Lipinski definition) is 5. The maximum atomic E-state index is 13.0. The van der Waals surface area contributed by atoms with Gasteiger partial charge in [-0.2, -0.15) is 18.3 Å². The number of hydrogen-bond donors (Lipinski definition) is 1. The Morgan fingerprint density at radius 2 is 1.91 bits per heavy atom. The second kappa shape index (κ2) is 7.29. The molecule has 4 aromatic rings. The van der Waals surface area contributed by atoms with Gasteiger partial charge in [-0.15, -0.1) is 0 Å². The zero-order valence-electron chi connectivity index (χ0n) is 16.4. The molecule has 0 aliphatic heterocycles. The molecule has 1 amide bonds. The molecule has 1 aliphatic carbocycles. The van der Waals surface area contributed by atoms with Crippen LogP contribution in [-0.2, 0) is 6.18 Å².